The first-order valence-electron chi connectivity index (χ1n) is 6.76. The van der Waals surface area contributed by atoms with Gasteiger partial charge in [-0.3, -0.25) is 0 Å². The lowest BCUT2D eigenvalue weighted by Gasteiger charge is -2.32. The number of nitrogens with zero attached hydrogens (tertiary/aromatic N) is 2. The second-order valence-electron chi connectivity index (χ2n) is 5.16. The molecule has 0 spiro atoms. The van der Waals surface area contributed by atoms with Crippen molar-refractivity contribution in [2.75, 3.05) is 11.4 Å². The molecule has 1 aliphatic rings. The summed E-state index contributed by atoms with van der Waals surface area (Å²) in [5, 5.41) is 9.93. The van der Waals surface area contributed by atoms with Gasteiger partial charge >= 0.3 is 0 Å². The lowest BCUT2D eigenvalue weighted by Crippen LogP contribution is -2.25. The van der Waals surface area contributed by atoms with Crippen LogP contribution in [0.3, 0.4) is 0 Å². The Kier molecular flexibility index (Phi) is 3.38. The summed E-state index contributed by atoms with van der Waals surface area (Å²) >= 11 is 5.99. The van der Waals surface area contributed by atoms with E-state index < -0.39 is 0 Å². The Morgan fingerprint density at radius 3 is 2.75 bits per heavy atom. The third-order valence-corrected chi connectivity index (χ3v) is 3.96. The molecule has 2 nitrogen and oxygen atoms in total. The summed E-state index contributed by atoms with van der Waals surface area (Å²) < 4.78 is 0. The number of anilines is 2. The minimum Gasteiger partial charge on any atom is -0.340 e. The molecule has 1 heterocycles. The van der Waals surface area contributed by atoms with Crippen LogP contribution in [-0.4, -0.2) is 6.54 Å². The lowest BCUT2D eigenvalue weighted by molar-refractivity contribution is 0.765. The molecule has 0 unspecified atom stereocenters. The Balaban J connectivity index is 2.12. The molecule has 20 heavy (non-hydrogen) atoms. The maximum absolute atomic E-state index is 9.33. The van der Waals surface area contributed by atoms with Gasteiger partial charge in [0.15, 0.2) is 0 Å². The first-order valence-corrected chi connectivity index (χ1v) is 7.13. The van der Waals surface area contributed by atoms with Crippen molar-refractivity contribution in [3.8, 4) is 6.07 Å². The fraction of sp³-hybridized carbons (Fsp3) is 0.235. The van der Waals surface area contributed by atoms with E-state index in [4.69, 9.17) is 11.6 Å². The Bertz CT molecular complexity index is 701. The fourth-order valence-electron chi connectivity index (χ4n) is 2.81. The van der Waals surface area contributed by atoms with E-state index in [-0.39, 0.29) is 0 Å². The summed E-state index contributed by atoms with van der Waals surface area (Å²) in [4.78, 5) is 2.23. The molecule has 0 radical (unpaired) electrons. The van der Waals surface area contributed by atoms with Crippen molar-refractivity contribution >= 4 is 23.0 Å². The molecule has 100 valence electrons. The summed E-state index contributed by atoms with van der Waals surface area (Å²) in [6.07, 6.45) is 2.20. The van der Waals surface area contributed by atoms with Crippen molar-refractivity contribution in [2.45, 2.75) is 19.8 Å². The zero-order valence-electron chi connectivity index (χ0n) is 11.4. The summed E-state index contributed by atoms with van der Waals surface area (Å²) in [5.74, 6) is 0. The first kappa shape index (κ1) is 13.0. The van der Waals surface area contributed by atoms with E-state index in [9.17, 15) is 5.26 Å². The predicted octanol–water partition coefficient (Wildman–Crippen LogP) is 4.60. The van der Waals surface area contributed by atoms with Gasteiger partial charge in [-0.25, -0.2) is 0 Å². The largest absolute Gasteiger partial charge is 0.340 e. The van der Waals surface area contributed by atoms with E-state index in [1.165, 1.54) is 16.8 Å². The summed E-state index contributed by atoms with van der Waals surface area (Å²) in [7, 11) is 0. The highest BCUT2D eigenvalue weighted by atomic mass is 35.5. The van der Waals surface area contributed by atoms with E-state index in [2.05, 4.69) is 36.1 Å². The van der Waals surface area contributed by atoms with Gasteiger partial charge < -0.3 is 4.90 Å². The molecule has 0 atom stereocenters. The summed E-state index contributed by atoms with van der Waals surface area (Å²) in [6.45, 7) is 3.05. The highest BCUT2D eigenvalue weighted by molar-refractivity contribution is 6.30. The monoisotopic (exact) mass is 282 g/mol. The highest BCUT2D eigenvalue weighted by Crippen LogP contribution is 2.36. The van der Waals surface area contributed by atoms with Gasteiger partial charge in [0, 0.05) is 17.3 Å². The Labute approximate surface area is 124 Å². The molecule has 0 saturated carbocycles. The average molecular weight is 283 g/mol. The van der Waals surface area contributed by atoms with Gasteiger partial charge in [0.2, 0.25) is 0 Å². The highest BCUT2D eigenvalue weighted by Gasteiger charge is 2.20. The molecule has 2 aromatic rings. The lowest BCUT2D eigenvalue weighted by atomic mass is 9.98. The molecule has 0 amide bonds. The molecule has 3 heteroatoms. The van der Waals surface area contributed by atoms with Crippen LogP contribution in [-0.2, 0) is 6.42 Å². The predicted molar refractivity (Wildman–Crippen MR) is 82.7 cm³/mol. The van der Waals surface area contributed by atoms with Crippen LogP contribution >= 0.6 is 11.6 Å². The van der Waals surface area contributed by atoms with Gasteiger partial charge in [0.05, 0.1) is 11.3 Å². The van der Waals surface area contributed by atoms with Gasteiger partial charge in [0.25, 0.3) is 0 Å². The quantitative estimate of drug-likeness (QED) is 0.764. The second kappa shape index (κ2) is 5.19. The number of hydrogen-bond acceptors (Lipinski definition) is 2. The number of nitriles is 1. The van der Waals surface area contributed by atoms with Crippen LogP contribution in [0, 0.1) is 18.3 Å². The third-order valence-electron chi connectivity index (χ3n) is 3.72. The van der Waals surface area contributed by atoms with Crippen LogP contribution in [0.2, 0.25) is 5.02 Å². The molecule has 1 aliphatic heterocycles. The van der Waals surface area contributed by atoms with E-state index >= 15 is 0 Å². The van der Waals surface area contributed by atoms with Crippen molar-refractivity contribution in [2.24, 2.45) is 0 Å². The summed E-state index contributed by atoms with van der Waals surface area (Å²) in [5.41, 5.74) is 5.42. The first-order chi connectivity index (χ1) is 9.69. The number of hydrogen-bond donors (Lipinski definition) is 0. The Morgan fingerprint density at radius 1 is 1.15 bits per heavy atom. The molecule has 3 rings (SSSR count). The van der Waals surface area contributed by atoms with Gasteiger partial charge in [-0.15, -0.1) is 0 Å². The maximum Gasteiger partial charge on any atom is 0.101 e. The van der Waals surface area contributed by atoms with E-state index in [0.29, 0.717) is 10.6 Å². The molecular formula is C17H15ClN2. The van der Waals surface area contributed by atoms with E-state index in [0.717, 1.165) is 25.1 Å². The standard InChI is InChI=1S/C17H15ClN2/c1-12-4-6-16-13(9-12)3-2-8-20(16)17-7-5-15(18)10-14(17)11-19/h4-7,9-10H,2-3,8H2,1H3. The van der Waals surface area contributed by atoms with Crippen LogP contribution in [0.4, 0.5) is 11.4 Å². The Morgan fingerprint density at radius 2 is 1.95 bits per heavy atom. The van der Waals surface area contributed by atoms with E-state index in [1.54, 1.807) is 6.07 Å². The molecule has 2 aromatic carbocycles. The van der Waals surface area contributed by atoms with Crippen LogP contribution in [0.1, 0.15) is 23.1 Å². The molecule has 0 fully saturated rings. The molecule has 0 bridgehead atoms. The van der Waals surface area contributed by atoms with Crippen molar-refractivity contribution < 1.29 is 0 Å². The molecular weight excluding hydrogens is 268 g/mol. The van der Waals surface area contributed by atoms with E-state index in [1.807, 2.05) is 12.1 Å². The minimum absolute atomic E-state index is 0.603. The van der Waals surface area contributed by atoms with Gasteiger partial charge in [-0.2, -0.15) is 5.26 Å². The van der Waals surface area contributed by atoms with Crippen LogP contribution in [0.25, 0.3) is 0 Å². The summed E-state index contributed by atoms with van der Waals surface area (Å²) in [6, 6.07) is 14.3. The molecule has 0 saturated heterocycles. The number of aryl methyl sites for hydroxylation is 2. The number of halogens is 1. The number of benzene rings is 2. The van der Waals surface area contributed by atoms with Crippen LogP contribution in [0.15, 0.2) is 36.4 Å². The minimum atomic E-state index is 0.603. The van der Waals surface area contributed by atoms with Crippen molar-refractivity contribution in [1.29, 1.82) is 5.26 Å². The number of rotatable bonds is 1. The fourth-order valence-corrected chi connectivity index (χ4v) is 2.98. The van der Waals surface area contributed by atoms with Gasteiger partial charge in [-0.05, 0) is 49.6 Å². The van der Waals surface area contributed by atoms with Gasteiger partial charge in [-0.1, -0.05) is 29.3 Å². The van der Waals surface area contributed by atoms with Crippen molar-refractivity contribution in [3.05, 3.63) is 58.1 Å². The molecule has 0 N–H and O–H groups in total. The van der Waals surface area contributed by atoms with Gasteiger partial charge in [0.1, 0.15) is 6.07 Å². The van der Waals surface area contributed by atoms with Crippen LogP contribution < -0.4 is 4.90 Å². The zero-order valence-corrected chi connectivity index (χ0v) is 12.1. The zero-order chi connectivity index (χ0) is 14.1. The molecule has 0 aliphatic carbocycles. The normalized spacial score (nSPS) is 13.8. The second-order valence-corrected chi connectivity index (χ2v) is 5.60. The van der Waals surface area contributed by atoms with Crippen molar-refractivity contribution in [1.82, 2.24) is 0 Å². The smallest absolute Gasteiger partial charge is 0.101 e. The topological polar surface area (TPSA) is 27.0 Å². The third kappa shape index (κ3) is 2.26. The average Bonchev–Trinajstić information content (AvgIpc) is 2.46. The van der Waals surface area contributed by atoms with Crippen LogP contribution in [0.5, 0.6) is 0 Å². The van der Waals surface area contributed by atoms with Crippen molar-refractivity contribution in [3.63, 3.8) is 0 Å². The Hall–Kier alpha value is -1.98. The maximum atomic E-state index is 9.33. The molecule has 0 aromatic heterocycles. The number of fused-ring (bicyclic) bond motifs is 1. The SMILES string of the molecule is Cc1ccc2c(c1)CCCN2c1ccc(Cl)cc1C#N.